The van der Waals surface area contributed by atoms with E-state index in [-0.39, 0.29) is 5.79 Å². The molecular weight excluding hydrogens is 262 g/mol. The standard InChI is InChI=1S/C18H25NO2/c1-2-8-17-15(5-1)6-3-7-16(17)13-19-10-4-9-18(14-19)20-11-12-21-18/h1-2,5,8,16H,3-4,6-7,9-14H2. The van der Waals surface area contributed by atoms with E-state index < -0.39 is 0 Å². The minimum Gasteiger partial charge on any atom is -0.346 e. The maximum atomic E-state index is 5.91. The van der Waals surface area contributed by atoms with Crippen molar-refractivity contribution >= 4 is 0 Å². The molecule has 1 unspecified atom stereocenters. The summed E-state index contributed by atoms with van der Waals surface area (Å²) in [6, 6.07) is 9.01. The Kier molecular flexibility index (Phi) is 3.74. The van der Waals surface area contributed by atoms with Crippen LogP contribution in [0.5, 0.6) is 0 Å². The summed E-state index contributed by atoms with van der Waals surface area (Å²) in [5, 5.41) is 0. The van der Waals surface area contributed by atoms with Crippen molar-refractivity contribution in [1.29, 1.82) is 0 Å². The smallest absolute Gasteiger partial charge is 0.181 e. The number of hydrogen-bond acceptors (Lipinski definition) is 3. The van der Waals surface area contributed by atoms with E-state index in [9.17, 15) is 0 Å². The molecule has 114 valence electrons. The van der Waals surface area contributed by atoms with Gasteiger partial charge in [-0.25, -0.2) is 0 Å². The Morgan fingerprint density at radius 2 is 2.00 bits per heavy atom. The largest absolute Gasteiger partial charge is 0.346 e. The van der Waals surface area contributed by atoms with Gasteiger partial charge in [0.1, 0.15) is 0 Å². The number of nitrogens with zero attached hydrogens (tertiary/aromatic N) is 1. The minimum absolute atomic E-state index is 0.285. The van der Waals surface area contributed by atoms with Gasteiger partial charge in [-0.1, -0.05) is 24.3 Å². The highest BCUT2D eigenvalue weighted by Gasteiger charge is 2.41. The van der Waals surface area contributed by atoms with Crippen LogP contribution >= 0.6 is 0 Å². The Hall–Kier alpha value is -0.900. The highest BCUT2D eigenvalue weighted by atomic mass is 16.7. The van der Waals surface area contributed by atoms with Gasteiger partial charge in [-0.3, -0.25) is 4.90 Å². The number of rotatable bonds is 2. The van der Waals surface area contributed by atoms with Crippen LogP contribution in [0.3, 0.4) is 0 Å². The molecule has 1 aliphatic carbocycles. The Labute approximate surface area is 127 Å². The Morgan fingerprint density at radius 1 is 1.14 bits per heavy atom. The Bertz CT molecular complexity index is 496. The summed E-state index contributed by atoms with van der Waals surface area (Å²) in [5.41, 5.74) is 3.14. The third-order valence-corrected chi connectivity index (χ3v) is 5.28. The van der Waals surface area contributed by atoms with E-state index in [1.165, 1.54) is 32.2 Å². The van der Waals surface area contributed by atoms with Crippen molar-refractivity contribution < 1.29 is 9.47 Å². The van der Waals surface area contributed by atoms with Gasteiger partial charge in [0.25, 0.3) is 0 Å². The lowest BCUT2D eigenvalue weighted by atomic mass is 9.82. The second kappa shape index (κ2) is 5.71. The van der Waals surface area contributed by atoms with Gasteiger partial charge in [0, 0.05) is 13.0 Å². The zero-order valence-electron chi connectivity index (χ0n) is 12.7. The zero-order valence-corrected chi connectivity index (χ0v) is 12.7. The van der Waals surface area contributed by atoms with Crippen LogP contribution in [-0.2, 0) is 15.9 Å². The normalized spacial score (nSPS) is 28.7. The molecule has 21 heavy (non-hydrogen) atoms. The molecule has 1 spiro atoms. The summed E-state index contributed by atoms with van der Waals surface area (Å²) in [7, 11) is 0. The molecule has 1 aromatic carbocycles. The van der Waals surface area contributed by atoms with E-state index in [1.54, 1.807) is 11.1 Å². The van der Waals surface area contributed by atoms with Crippen molar-refractivity contribution in [2.24, 2.45) is 0 Å². The number of hydrogen-bond donors (Lipinski definition) is 0. The Morgan fingerprint density at radius 3 is 2.90 bits per heavy atom. The monoisotopic (exact) mass is 287 g/mol. The number of benzene rings is 1. The highest BCUT2D eigenvalue weighted by molar-refractivity contribution is 5.32. The lowest BCUT2D eigenvalue weighted by molar-refractivity contribution is -0.189. The molecule has 0 N–H and O–H groups in total. The van der Waals surface area contributed by atoms with Crippen LogP contribution in [0.25, 0.3) is 0 Å². The van der Waals surface area contributed by atoms with Gasteiger partial charge in [0.05, 0.1) is 19.8 Å². The van der Waals surface area contributed by atoms with Crippen LogP contribution in [0.1, 0.15) is 42.7 Å². The molecule has 2 aliphatic heterocycles. The van der Waals surface area contributed by atoms with E-state index in [4.69, 9.17) is 9.47 Å². The van der Waals surface area contributed by atoms with E-state index in [0.29, 0.717) is 5.92 Å². The molecule has 1 atom stereocenters. The fraction of sp³-hybridized carbons (Fsp3) is 0.667. The number of ether oxygens (including phenoxy) is 2. The van der Waals surface area contributed by atoms with Crippen molar-refractivity contribution in [3.8, 4) is 0 Å². The molecule has 3 aliphatic rings. The van der Waals surface area contributed by atoms with Crippen LogP contribution < -0.4 is 0 Å². The number of aryl methyl sites for hydroxylation is 1. The first-order valence-corrected chi connectivity index (χ1v) is 8.43. The summed E-state index contributed by atoms with van der Waals surface area (Å²) in [5.74, 6) is 0.401. The van der Waals surface area contributed by atoms with Crippen LogP contribution in [0, 0.1) is 0 Å². The molecule has 3 nitrogen and oxygen atoms in total. The molecule has 3 heteroatoms. The third kappa shape index (κ3) is 2.75. The topological polar surface area (TPSA) is 21.7 Å². The van der Waals surface area contributed by atoms with Gasteiger partial charge in [-0.05, 0) is 49.3 Å². The second-order valence-electron chi connectivity index (χ2n) is 6.73. The van der Waals surface area contributed by atoms with E-state index >= 15 is 0 Å². The molecule has 0 radical (unpaired) electrons. The molecule has 0 amide bonds. The van der Waals surface area contributed by atoms with Crippen molar-refractivity contribution in [3.05, 3.63) is 35.4 Å². The van der Waals surface area contributed by atoms with Crippen molar-refractivity contribution in [2.45, 2.75) is 43.8 Å². The summed E-state index contributed by atoms with van der Waals surface area (Å²) in [6.07, 6.45) is 6.15. The highest BCUT2D eigenvalue weighted by Crippen LogP contribution is 2.35. The van der Waals surface area contributed by atoms with Gasteiger partial charge in [0.2, 0.25) is 0 Å². The average Bonchev–Trinajstić information content (AvgIpc) is 2.95. The number of likely N-dealkylation sites (tertiary alicyclic amines) is 1. The lowest BCUT2D eigenvalue weighted by Crippen LogP contribution is -2.50. The zero-order chi connectivity index (χ0) is 14.1. The van der Waals surface area contributed by atoms with Crippen LogP contribution in [0.4, 0.5) is 0 Å². The first kappa shape index (κ1) is 13.7. The SMILES string of the molecule is c1ccc2c(c1)CCCC2CN1CCCC2(C1)OCCO2. The van der Waals surface area contributed by atoms with Crippen LogP contribution in [0.2, 0.25) is 0 Å². The number of piperidine rings is 1. The van der Waals surface area contributed by atoms with E-state index in [0.717, 1.165) is 32.7 Å². The van der Waals surface area contributed by atoms with E-state index in [1.807, 2.05) is 0 Å². The van der Waals surface area contributed by atoms with Crippen molar-refractivity contribution in [3.63, 3.8) is 0 Å². The molecule has 4 rings (SSSR count). The van der Waals surface area contributed by atoms with Crippen molar-refractivity contribution in [2.75, 3.05) is 32.8 Å². The fourth-order valence-corrected chi connectivity index (χ4v) is 4.32. The average molecular weight is 287 g/mol. The van der Waals surface area contributed by atoms with Crippen molar-refractivity contribution in [1.82, 2.24) is 4.90 Å². The van der Waals surface area contributed by atoms with Gasteiger partial charge in [-0.2, -0.15) is 0 Å². The molecule has 1 aromatic rings. The van der Waals surface area contributed by atoms with E-state index in [2.05, 4.69) is 29.2 Å². The lowest BCUT2D eigenvalue weighted by Gasteiger charge is -2.40. The molecular formula is C18H25NO2. The quantitative estimate of drug-likeness (QED) is 0.835. The maximum Gasteiger partial charge on any atom is 0.181 e. The van der Waals surface area contributed by atoms with Gasteiger partial charge < -0.3 is 9.47 Å². The molecule has 0 saturated carbocycles. The molecule has 2 saturated heterocycles. The minimum atomic E-state index is -0.285. The fourth-order valence-electron chi connectivity index (χ4n) is 4.32. The summed E-state index contributed by atoms with van der Waals surface area (Å²) < 4.78 is 11.8. The molecule has 0 aromatic heterocycles. The summed E-state index contributed by atoms with van der Waals surface area (Å²) in [4.78, 5) is 2.57. The van der Waals surface area contributed by atoms with Gasteiger partial charge in [0.15, 0.2) is 5.79 Å². The van der Waals surface area contributed by atoms with Gasteiger partial charge in [-0.15, -0.1) is 0 Å². The third-order valence-electron chi connectivity index (χ3n) is 5.28. The summed E-state index contributed by atoms with van der Waals surface area (Å²) >= 11 is 0. The number of fused-ring (bicyclic) bond motifs is 1. The maximum absolute atomic E-state index is 5.91. The predicted molar refractivity (Wildman–Crippen MR) is 82.4 cm³/mol. The predicted octanol–water partition coefficient (Wildman–Crippen LogP) is 2.95. The first-order valence-electron chi connectivity index (χ1n) is 8.43. The van der Waals surface area contributed by atoms with Gasteiger partial charge >= 0.3 is 0 Å². The Balaban J connectivity index is 1.46. The van der Waals surface area contributed by atoms with Crippen LogP contribution in [0.15, 0.2) is 24.3 Å². The first-order chi connectivity index (χ1) is 10.3. The molecule has 2 fully saturated rings. The van der Waals surface area contributed by atoms with Crippen LogP contribution in [-0.4, -0.2) is 43.5 Å². The second-order valence-corrected chi connectivity index (χ2v) is 6.73. The summed E-state index contributed by atoms with van der Waals surface area (Å²) in [6.45, 7) is 4.82. The molecule has 2 heterocycles. The molecule has 0 bridgehead atoms.